The van der Waals surface area contributed by atoms with Crippen molar-refractivity contribution >= 4 is 23.5 Å². The molecule has 0 aromatic carbocycles. The third-order valence-electron chi connectivity index (χ3n) is 1.99. The van der Waals surface area contributed by atoms with Crippen molar-refractivity contribution in [3.8, 4) is 0 Å². The smallest absolute Gasteiger partial charge is 0.316 e. The van der Waals surface area contributed by atoms with Gasteiger partial charge in [-0.05, 0) is 38.5 Å². The molecular weight excluding hydrogens is 248 g/mol. The number of anilines is 1. The Labute approximate surface area is 113 Å². The zero-order chi connectivity index (χ0) is 13.6. The van der Waals surface area contributed by atoms with Crippen LogP contribution < -0.4 is 5.32 Å². The van der Waals surface area contributed by atoms with Gasteiger partial charge in [0.25, 0.3) is 0 Å². The molecule has 0 saturated carbocycles. The van der Waals surface area contributed by atoms with E-state index in [4.69, 9.17) is 4.74 Å². The minimum atomic E-state index is -0.409. The summed E-state index contributed by atoms with van der Waals surface area (Å²) in [6.07, 6.45) is 1.76. The van der Waals surface area contributed by atoms with Crippen LogP contribution in [0, 0.1) is 0 Å². The summed E-state index contributed by atoms with van der Waals surface area (Å²) < 4.78 is 5.24. The van der Waals surface area contributed by atoms with Crippen LogP contribution in [-0.2, 0) is 15.3 Å². The van der Waals surface area contributed by atoms with Gasteiger partial charge >= 0.3 is 5.97 Å². The van der Waals surface area contributed by atoms with Gasteiger partial charge in [-0.15, -0.1) is 11.8 Å². The first-order chi connectivity index (χ1) is 8.40. The first kappa shape index (κ1) is 14.8. The van der Waals surface area contributed by atoms with Crippen molar-refractivity contribution < 1.29 is 9.53 Å². The highest BCUT2D eigenvalue weighted by Crippen LogP contribution is 2.16. The van der Waals surface area contributed by atoms with Gasteiger partial charge in [-0.3, -0.25) is 4.79 Å². The van der Waals surface area contributed by atoms with Crippen molar-refractivity contribution in [1.29, 1.82) is 0 Å². The van der Waals surface area contributed by atoms with Gasteiger partial charge in [0.1, 0.15) is 11.4 Å². The number of ether oxygens (including phenoxy) is 1. The van der Waals surface area contributed by atoms with E-state index < -0.39 is 5.60 Å². The molecule has 5 heteroatoms. The molecule has 0 aliphatic carbocycles. The van der Waals surface area contributed by atoms with E-state index in [-0.39, 0.29) is 5.97 Å². The number of pyridine rings is 1. The lowest BCUT2D eigenvalue weighted by Gasteiger charge is -2.19. The fraction of sp³-hybridized carbons (Fsp3) is 0.538. The fourth-order valence-corrected chi connectivity index (χ4v) is 2.07. The maximum absolute atomic E-state index is 11.5. The van der Waals surface area contributed by atoms with E-state index in [1.807, 2.05) is 40.0 Å². The number of carbonyl (C=O) groups excluding carboxylic acids is 1. The van der Waals surface area contributed by atoms with Crippen LogP contribution in [0.1, 0.15) is 26.3 Å². The lowest BCUT2D eigenvalue weighted by Crippen LogP contribution is -2.24. The first-order valence-corrected chi connectivity index (χ1v) is 6.98. The van der Waals surface area contributed by atoms with Gasteiger partial charge < -0.3 is 10.1 Å². The van der Waals surface area contributed by atoms with Crippen LogP contribution in [0.25, 0.3) is 0 Å². The number of nitrogens with zero attached hydrogens (tertiary/aromatic N) is 1. The molecule has 1 aromatic rings. The van der Waals surface area contributed by atoms with E-state index in [9.17, 15) is 4.79 Å². The predicted octanol–water partition coefficient (Wildman–Crippen LogP) is 2.70. The van der Waals surface area contributed by atoms with E-state index in [2.05, 4.69) is 10.3 Å². The molecule has 0 spiro atoms. The maximum Gasteiger partial charge on any atom is 0.316 e. The average molecular weight is 268 g/mol. The van der Waals surface area contributed by atoms with E-state index in [0.29, 0.717) is 5.75 Å². The quantitative estimate of drug-likeness (QED) is 0.832. The Balaban J connectivity index is 2.35. The van der Waals surface area contributed by atoms with Gasteiger partial charge in [0.15, 0.2) is 0 Å². The van der Waals surface area contributed by atoms with Crippen LogP contribution in [0.4, 0.5) is 5.82 Å². The summed E-state index contributed by atoms with van der Waals surface area (Å²) in [7, 11) is 1.83. The second-order valence-electron chi connectivity index (χ2n) is 4.88. The highest BCUT2D eigenvalue weighted by molar-refractivity contribution is 7.99. The van der Waals surface area contributed by atoms with Crippen molar-refractivity contribution in [2.75, 3.05) is 18.1 Å². The number of hydrogen-bond donors (Lipinski definition) is 1. The average Bonchev–Trinajstić information content (AvgIpc) is 2.27. The molecule has 1 N–H and O–H groups in total. The lowest BCUT2D eigenvalue weighted by atomic mass is 10.2. The highest BCUT2D eigenvalue weighted by Gasteiger charge is 2.15. The summed E-state index contributed by atoms with van der Waals surface area (Å²) in [5.74, 6) is 1.81. The fourth-order valence-electron chi connectivity index (χ4n) is 1.32. The molecule has 0 bridgehead atoms. The van der Waals surface area contributed by atoms with Gasteiger partial charge in [0, 0.05) is 19.0 Å². The molecule has 0 atom stereocenters. The summed E-state index contributed by atoms with van der Waals surface area (Å²) in [6.45, 7) is 5.62. The minimum Gasteiger partial charge on any atom is -0.459 e. The van der Waals surface area contributed by atoms with E-state index in [1.54, 1.807) is 18.0 Å². The summed E-state index contributed by atoms with van der Waals surface area (Å²) in [4.78, 5) is 15.6. The van der Waals surface area contributed by atoms with Crippen LogP contribution in [-0.4, -0.2) is 29.4 Å². The van der Waals surface area contributed by atoms with Crippen molar-refractivity contribution in [1.82, 2.24) is 4.98 Å². The summed E-state index contributed by atoms with van der Waals surface area (Å²) in [6, 6.07) is 3.92. The monoisotopic (exact) mass is 268 g/mol. The normalized spacial score (nSPS) is 11.1. The maximum atomic E-state index is 11.5. The van der Waals surface area contributed by atoms with Crippen molar-refractivity contribution in [3.63, 3.8) is 0 Å². The molecule has 0 fully saturated rings. The SMILES string of the molecule is CNc1cc(CSCC(=O)OC(C)(C)C)ccn1. The van der Waals surface area contributed by atoms with Gasteiger partial charge in [-0.1, -0.05) is 0 Å². The number of esters is 1. The van der Waals surface area contributed by atoms with Crippen LogP contribution >= 0.6 is 11.8 Å². The molecule has 0 unspecified atom stereocenters. The second-order valence-corrected chi connectivity index (χ2v) is 5.86. The number of hydrogen-bond acceptors (Lipinski definition) is 5. The Morgan fingerprint density at radius 2 is 2.22 bits per heavy atom. The summed E-state index contributed by atoms with van der Waals surface area (Å²) in [5, 5.41) is 2.99. The van der Waals surface area contributed by atoms with Crippen LogP contribution in [0.15, 0.2) is 18.3 Å². The van der Waals surface area contributed by atoms with E-state index in [1.165, 1.54) is 0 Å². The molecule has 0 saturated heterocycles. The molecule has 1 aromatic heterocycles. The lowest BCUT2D eigenvalue weighted by molar-refractivity contribution is -0.151. The Kier molecular flexibility index (Phi) is 5.47. The van der Waals surface area contributed by atoms with E-state index in [0.717, 1.165) is 17.1 Å². The number of thioether (sulfide) groups is 1. The zero-order valence-electron chi connectivity index (χ0n) is 11.3. The van der Waals surface area contributed by atoms with Gasteiger partial charge in [0.05, 0.1) is 5.75 Å². The number of carbonyl (C=O) groups is 1. The molecule has 0 aliphatic rings. The molecule has 0 aliphatic heterocycles. The number of rotatable bonds is 5. The van der Waals surface area contributed by atoms with E-state index >= 15 is 0 Å². The molecular formula is C13H20N2O2S. The van der Waals surface area contributed by atoms with Crippen LogP contribution in [0.2, 0.25) is 0 Å². The number of aromatic nitrogens is 1. The summed E-state index contributed by atoms with van der Waals surface area (Å²) >= 11 is 1.54. The third-order valence-corrected chi connectivity index (χ3v) is 2.97. The second kappa shape index (κ2) is 6.64. The predicted molar refractivity (Wildman–Crippen MR) is 75.8 cm³/mol. The molecule has 18 heavy (non-hydrogen) atoms. The number of nitrogens with one attached hydrogen (secondary N) is 1. The van der Waals surface area contributed by atoms with Crippen molar-refractivity contribution in [2.45, 2.75) is 32.1 Å². The van der Waals surface area contributed by atoms with Crippen molar-refractivity contribution in [3.05, 3.63) is 23.9 Å². The molecule has 0 radical (unpaired) electrons. The third kappa shape index (κ3) is 5.91. The molecule has 4 nitrogen and oxygen atoms in total. The molecule has 0 amide bonds. The van der Waals surface area contributed by atoms with Crippen LogP contribution in [0.5, 0.6) is 0 Å². The topological polar surface area (TPSA) is 51.2 Å². The standard InChI is InChI=1S/C13H20N2O2S/c1-13(2,3)17-12(16)9-18-8-10-5-6-15-11(7-10)14-4/h5-7H,8-9H2,1-4H3,(H,14,15). The van der Waals surface area contributed by atoms with Gasteiger partial charge in [0.2, 0.25) is 0 Å². The molecule has 1 heterocycles. The molecule has 1 rings (SSSR count). The Morgan fingerprint density at radius 3 is 2.83 bits per heavy atom. The Hall–Kier alpha value is -1.23. The minimum absolute atomic E-state index is 0.171. The van der Waals surface area contributed by atoms with Gasteiger partial charge in [-0.25, -0.2) is 4.98 Å². The Bertz CT molecular complexity index is 402. The van der Waals surface area contributed by atoms with Crippen LogP contribution in [0.3, 0.4) is 0 Å². The highest BCUT2D eigenvalue weighted by atomic mass is 32.2. The Morgan fingerprint density at radius 1 is 1.50 bits per heavy atom. The van der Waals surface area contributed by atoms with Gasteiger partial charge in [-0.2, -0.15) is 0 Å². The zero-order valence-corrected chi connectivity index (χ0v) is 12.1. The largest absolute Gasteiger partial charge is 0.459 e. The first-order valence-electron chi connectivity index (χ1n) is 5.83. The summed E-state index contributed by atoms with van der Waals surface area (Å²) in [5.41, 5.74) is 0.732. The van der Waals surface area contributed by atoms with Crippen molar-refractivity contribution in [2.24, 2.45) is 0 Å². The molecule has 100 valence electrons.